The number of alkyl halides is 1. The molecule has 0 rings (SSSR count). The normalized spacial score (nSPS) is 10.5. The molecule has 0 aliphatic rings. The van der Waals surface area contributed by atoms with Gasteiger partial charge in [0.05, 0.1) is 66.1 Å². The molecular formula is C12H24ClN3O5. The Bertz CT molecular complexity index is 255. The van der Waals surface area contributed by atoms with Crippen molar-refractivity contribution in [2.24, 2.45) is 5.11 Å². The van der Waals surface area contributed by atoms with Crippen LogP contribution in [0.3, 0.4) is 0 Å². The first kappa shape index (κ1) is 20.4. The van der Waals surface area contributed by atoms with Crippen molar-refractivity contribution in [2.75, 3.05) is 78.5 Å². The van der Waals surface area contributed by atoms with Gasteiger partial charge in [-0.1, -0.05) is 5.11 Å². The summed E-state index contributed by atoms with van der Waals surface area (Å²) in [6, 6.07) is 0. The summed E-state index contributed by atoms with van der Waals surface area (Å²) in [7, 11) is 0. The Hall–Kier alpha value is -0.600. The zero-order chi connectivity index (χ0) is 15.4. The molecule has 21 heavy (non-hydrogen) atoms. The van der Waals surface area contributed by atoms with Crippen LogP contribution < -0.4 is 0 Å². The zero-order valence-electron chi connectivity index (χ0n) is 12.2. The van der Waals surface area contributed by atoms with Crippen LogP contribution in [0, 0.1) is 0 Å². The molecular weight excluding hydrogens is 302 g/mol. The first-order chi connectivity index (χ1) is 10.4. The van der Waals surface area contributed by atoms with E-state index in [1.165, 1.54) is 0 Å². The van der Waals surface area contributed by atoms with Gasteiger partial charge in [-0.05, 0) is 5.53 Å². The molecule has 0 heterocycles. The van der Waals surface area contributed by atoms with E-state index in [1.54, 1.807) is 0 Å². The second kappa shape index (κ2) is 19.4. The van der Waals surface area contributed by atoms with Gasteiger partial charge in [-0.3, -0.25) is 0 Å². The molecule has 0 saturated carbocycles. The minimum atomic E-state index is 0.344. The van der Waals surface area contributed by atoms with E-state index in [-0.39, 0.29) is 0 Å². The minimum absolute atomic E-state index is 0.344. The molecule has 0 atom stereocenters. The smallest absolute Gasteiger partial charge is 0.0701 e. The monoisotopic (exact) mass is 325 g/mol. The fraction of sp³-hybridized carbons (Fsp3) is 1.00. The van der Waals surface area contributed by atoms with E-state index in [9.17, 15) is 0 Å². The van der Waals surface area contributed by atoms with Gasteiger partial charge >= 0.3 is 0 Å². The minimum Gasteiger partial charge on any atom is -0.379 e. The standard InChI is InChI=1S/C12H24ClN3O5/c13-1-3-17-5-7-19-9-11-21-12-10-20-8-6-18-4-2-15-16-14/h1-12H2. The number of halogens is 1. The molecule has 0 aromatic carbocycles. The Morgan fingerprint density at radius 2 is 1.05 bits per heavy atom. The lowest BCUT2D eigenvalue weighted by Gasteiger charge is -2.07. The Balaban J connectivity index is 2.94. The maximum atomic E-state index is 8.04. The topological polar surface area (TPSA) is 94.9 Å². The van der Waals surface area contributed by atoms with Crippen molar-refractivity contribution in [3.8, 4) is 0 Å². The van der Waals surface area contributed by atoms with Crippen molar-refractivity contribution >= 4 is 11.6 Å². The summed E-state index contributed by atoms with van der Waals surface area (Å²) >= 11 is 5.45. The quantitative estimate of drug-likeness (QED) is 0.133. The third-order valence-electron chi connectivity index (χ3n) is 2.11. The molecule has 8 nitrogen and oxygen atoms in total. The van der Waals surface area contributed by atoms with Crippen LogP contribution in [-0.2, 0) is 23.7 Å². The van der Waals surface area contributed by atoms with E-state index in [1.807, 2.05) is 0 Å². The van der Waals surface area contributed by atoms with Crippen LogP contribution in [0.25, 0.3) is 10.4 Å². The second-order valence-corrected chi connectivity index (χ2v) is 4.08. The number of rotatable bonds is 17. The molecule has 0 fully saturated rings. The van der Waals surface area contributed by atoms with Crippen molar-refractivity contribution in [3.63, 3.8) is 0 Å². The highest BCUT2D eigenvalue weighted by molar-refractivity contribution is 6.17. The van der Waals surface area contributed by atoms with Crippen LogP contribution in [-0.4, -0.2) is 78.5 Å². The zero-order valence-corrected chi connectivity index (χ0v) is 13.0. The maximum absolute atomic E-state index is 8.04. The third-order valence-corrected chi connectivity index (χ3v) is 2.26. The molecule has 0 aromatic heterocycles. The summed E-state index contributed by atoms with van der Waals surface area (Å²) in [5, 5.41) is 3.34. The fourth-order valence-corrected chi connectivity index (χ4v) is 1.30. The highest BCUT2D eigenvalue weighted by Gasteiger charge is 1.93. The average Bonchev–Trinajstić information content (AvgIpc) is 2.50. The molecule has 0 bridgehead atoms. The van der Waals surface area contributed by atoms with Crippen molar-refractivity contribution in [1.29, 1.82) is 0 Å². The maximum Gasteiger partial charge on any atom is 0.0701 e. The van der Waals surface area contributed by atoms with Crippen LogP contribution in [0.1, 0.15) is 0 Å². The molecule has 9 heteroatoms. The SMILES string of the molecule is [N-]=[N+]=NCCOCCOCCOCCOCCOCCCl. The molecule has 124 valence electrons. The van der Waals surface area contributed by atoms with Crippen molar-refractivity contribution < 1.29 is 23.7 Å². The molecule has 0 radical (unpaired) electrons. The lowest BCUT2D eigenvalue weighted by molar-refractivity contribution is -0.00955. The molecule has 0 unspecified atom stereocenters. The van der Waals surface area contributed by atoms with Crippen molar-refractivity contribution in [2.45, 2.75) is 0 Å². The van der Waals surface area contributed by atoms with Gasteiger partial charge in [-0.15, -0.1) is 11.6 Å². The molecule has 0 aliphatic heterocycles. The summed E-state index contributed by atoms with van der Waals surface area (Å²) in [6.07, 6.45) is 0. The lowest BCUT2D eigenvalue weighted by Crippen LogP contribution is -2.13. The van der Waals surface area contributed by atoms with E-state index in [0.29, 0.717) is 78.5 Å². The summed E-state index contributed by atoms with van der Waals surface area (Å²) in [5.41, 5.74) is 8.04. The number of hydrogen-bond acceptors (Lipinski definition) is 6. The van der Waals surface area contributed by atoms with Crippen molar-refractivity contribution in [1.82, 2.24) is 0 Å². The Labute approximate surface area is 130 Å². The highest BCUT2D eigenvalue weighted by atomic mass is 35.5. The second-order valence-electron chi connectivity index (χ2n) is 3.71. The van der Waals surface area contributed by atoms with Gasteiger partial charge in [0.15, 0.2) is 0 Å². The van der Waals surface area contributed by atoms with Crippen LogP contribution >= 0.6 is 11.6 Å². The van der Waals surface area contributed by atoms with E-state index < -0.39 is 0 Å². The van der Waals surface area contributed by atoms with Crippen LogP contribution in [0.15, 0.2) is 5.11 Å². The molecule has 0 saturated heterocycles. The average molecular weight is 326 g/mol. The van der Waals surface area contributed by atoms with Gasteiger partial charge in [0.1, 0.15) is 0 Å². The van der Waals surface area contributed by atoms with Gasteiger partial charge in [-0.25, -0.2) is 0 Å². The summed E-state index contributed by atoms with van der Waals surface area (Å²) in [6.45, 7) is 5.47. The molecule has 0 aliphatic carbocycles. The van der Waals surface area contributed by atoms with Gasteiger partial charge in [0.25, 0.3) is 0 Å². The van der Waals surface area contributed by atoms with Crippen LogP contribution in [0.5, 0.6) is 0 Å². The molecule has 0 aromatic rings. The van der Waals surface area contributed by atoms with Crippen LogP contribution in [0.2, 0.25) is 0 Å². The Morgan fingerprint density at radius 1 is 0.667 bits per heavy atom. The van der Waals surface area contributed by atoms with Gasteiger partial charge in [-0.2, -0.15) is 0 Å². The highest BCUT2D eigenvalue weighted by Crippen LogP contribution is 1.84. The van der Waals surface area contributed by atoms with E-state index in [2.05, 4.69) is 10.0 Å². The summed E-state index contributed by atoms with van der Waals surface area (Å²) in [4.78, 5) is 2.62. The van der Waals surface area contributed by atoms with E-state index >= 15 is 0 Å². The van der Waals surface area contributed by atoms with E-state index in [0.717, 1.165) is 0 Å². The number of azide groups is 1. The lowest BCUT2D eigenvalue weighted by atomic mass is 10.7. The van der Waals surface area contributed by atoms with Crippen LogP contribution in [0.4, 0.5) is 0 Å². The summed E-state index contributed by atoms with van der Waals surface area (Å²) < 4.78 is 26.2. The number of nitrogens with zero attached hydrogens (tertiary/aromatic N) is 3. The Kier molecular flexibility index (Phi) is 18.8. The largest absolute Gasteiger partial charge is 0.379 e. The summed E-state index contributed by atoms with van der Waals surface area (Å²) in [5.74, 6) is 0.502. The van der Waals surface area contributed by atoms with Gasteiger partial charge in [0.2, 0.25) is 0 Å². The first-order valence-electron chi connectivity index (χ1n) is 6.87. The number of hydrogen-bond donors (Lipinski definition) is 0. The molecule has 0 amide bonds. The predicted octanol–water partition coefficient (Wildman–Crippen LogP) is 1.62. The van der Waals surface area contributed by atoms with E-state index in [4.69, 9.17) is 40.8 Å². The fourth-order valence-electron chi connectivity index (χ4n) is 1.19. The first-order valence-corrected chi connectivity index (χ1v) is 7.40. The number of ether oxygens (including phenoxy) is 5. The third kappa shape index (κ3) is 19.4. The molecule has 0 spiro atoms. The predicted molar refractivity (Wildman–Crippen MR) is 78.8 cm³/mol. The van der Waals surface area contributed by atoms with Gasteiger partial charge in [0, 0.05) is 17.3 Å². The molecule has 0 N–H and O–H groups in total. The Morgan fingerprint density at radius 3 is 1.43 bits per heavy atom. The van der Waals surface area contributed by atoms with Gasteiger partial charge < -0.3 is 23.7 Å². The van der Waals surface area contributed by atoms with Crippen molar-refractivity contribution in [3.05, 3.63) is 10.4 Å².